The molecule has 0 aliphatic heterocycles. The Bertz CT molecular complexity index is 514. The molecule has 4 heteroatoms. The van der Waals surface area contributed by atoms with Crippen LogP contribution in [0.4, 0.5) is 4.39 Å². The van der Waals surface area contributed by atoms with Gasteiger partial charge in [-0.1, -0.05) is 18.2 Å². The van der Waals surface area contributed by atoms with Crippen molar-refractivity contribution in [3.05, 3.63) is 59.9 Å². The van der Waals surface area contributed by atoms with E-state index in [9.17, 15) is 4.39 Å². The first-order valence-electron chi connectivity index (χ1n) is 5.99. The quantitative estimate of drug-likeness (QED) is 0.813. The largest absolute Gasteiger partial charge is 0.490 e. The van der Waals surface area contributed by atoms with E-state index in [0.29, 0.717) is 24.5 Å². The molecule has 0 fully saturated rings. The van der Waals surface area contributed by atoms with Gasteiger partial charge < -0.3 is 14.6 Å². The van der Waals surface area contributed by atoms with Gasteiger partial charge in [0.25, 0.3) is 0 Å². The summed E-state index contributed by atoms with van der Waals surface area (Å²) >= 11 is 0. The number of hydrogen-bond donors (Lipinski definition) is 1. The minimum atomic E-state index is -0.425. The highest BCUT2D eigenvalue weighted by atomic mass is 19.1. The normalized spacial score (nSPS) is 10.2. The van der Waals surface area contributed by atoms with Crippen molar-refractivity contribution in [3.63, 3.8) is 0 Å². The Morgan fingerprint density at radius 3 is 2.26 bits per heavy atom. The lowest BCUT2D eigenvalue weighted by Crippen LogP contribution is -2.09. The first-order chi connectivity index (χ1) is 9.28. The second-order valence-corrected chi connectivity index (χ2v) is 3.96. The van der Waals surface area contributed by atoms with E-state index in [1.807, 2.05) is 30.3 Å². The molecule has 0 radical (unpaired) electrons. The summed E-state index contributed by atoms with van der Waals surface area (Å²) in [5, 5.41) is 8.96. The van der Waals surface area contributed by atoms with Crippen molar-refractivity contribution in [1.82, 2.24) is 0 Å². The summed E-state index contributed by atoms with van der Waals surface area (Å²) in [7, 11) is 0. The molecular weight excluding hydrogens is 247 g/mol. The van der Waals surface area contributed by atoms with Crippen LogP contribution in [-0.2, 0) is 6.61 Å². The standard InChI is InChI=1S/C15H15FO3/c16-13-8-12(11-17)9-15(10-13)19-7-6-18-14-4-2-1-3-5-14/h1-5,8-10,17H,6-7,11H2. The van der Waals surface area contributed by atoms with Crippen LogP contribution in [0.15, 0.2) is 48.5 Å². The van der Waals surface area contributed by atoms with Crippen LogP contribution in [0.3, 0.4) is 0 Å². The fraction of sp³-hybridized carbons (Fsp3) is 0.200. The van der Waals surface area contributed by atoms with Crippen LogP contribution in [0.1, 0.15) is 5.56 Å². The summed E-state index contributed by atoms with van der Waals surface area (Å²) in [6, 6.07) is 13.5. The molecule has 0 bridgehead atoms. The molecule has 2 rings (SSSR count). The summed E-state index contributed by atoms with van der Waals surface area (Å²) < 4.78 is 24.0. The molecular formula is C15H15FO3. The van der Waals surface area contributed by atoms with Gasteiger partial charge in [0.05, 0.1) is 6.61 Å². The van der Waals surface area contributed by atoms with Gasteiger partial charge in [0, 0.05) is 6.07 Å². The Kier molecular flexibility index (Phi) is 4.75. The molecule has 0 saturated carbocycles. The van der Waals surface area contributed by atoms with Crippen molar-refractivity contribution in [2.45, 2.75) is 6.61 Å². The third kappa shape index (κ3) is 4.26. The lowest BCUT2D eigenvalue weighted by molar-refractivity contribution is 0.216. The zero-order valence-corrected chi connectivity index (χ0v) is 10.4. The summed E-state index contributed by atoms with van der Waals surface area (Å²) in [4.78, 5) is 0. The number of hydrogen-bond acceptors (Lipinski definition) is 3. The van der Waals surface area contributed by atoms with Gasteiger partial charge in [0.15, 0.2) is 0 Å². The molecule has 0 saturated heterocycles. The van der Waals surface area contributed by atoms with Crippen LogP contribution in [-0.4, -0.2) is 18.3 Å². The van der Waals surface area contributed by atoms with Crippen molar-refractivity contribution in [2.24, 2.45) is 0 Å². The second kappa shape index (κ2) is 6.75. The lowest BCUT2D eigenvalue weighted by atomic mass is 10.2. The summed E-state index contributed by atoms with van der Waals surface area (Å²) in [5.41, 5.74) is 0.485. The molecule has 3 nitrogen and oxygen atoms in total. The van der Waals surface area contributed by atoms with Gasteiger partial charge in [-0.2, -0.15) is 0 Å². The van der Waals surface area contributed by atoms with Gasteiger partial charge in [0.2, 0.25) is 0 Å². The Morgan fingerprint density at radius 2 is 1.58 bits per heavy atom. The number of para-hydroxylation sites is 1. The maximum Gasteiger partial charge on any atom is 0.127 e. The third-order valence-electron chi connectivity index (χ3n) is 2.48. The van der Waals surface area contributed by atoms with Crippen LogP contribution < -0.4 is 9.47 Å². The van der Waals surface area contributed by atoms with Gasteiger partial charge in [0.1, 0.15) is 30.5 Å². The third-order valence-corrected chi connectivity index (χ3v) is 2.48. The van der Waals surface area contributed by atoms with E-state index in [2.05, 4.69) is 0 Å². The Balaban J connectivity index is 1.81. The minimum absolute atomic E-state index is 0.214. The minimum Gasteiger partial charge on any atom is -0.490 e. The molecule has 0 unspecified atom stereocenters. The van der Waals surface area contributed by atoms with Crippen LogP contribution in [0.2, 0.25) is 0 Å². The fourth-order valence-corrected chi connectivity index (χ4v) is 1.63. The number of ether oxygens (including phenoxy) is 2. The van der Waals surface area contributed by atoms with E-state index in [-0.39, 0.29) is 6.61 Å². The predicted molar refractivity (Wildman–Crippen MR) is 69.8 cm³/mol. The van der Waals surface area contributed by atoms with Gasteiger partial charge >= 0.3 is 0 Å². The van der Waals surface area contributed by atoms with Gasteiger partial charge in [-0.05, 0) is 29.8 Å². The van der Waals surface area contributed by atoms with E-state index in [1.54, 1.807) is 6.07 Å². The number of aliphatic hydroxyl groups excluding tert-OH is 1. The average Bonchev–Trinajstić information content (AvgIpc) is 2.44. The molecule has 0 amide bonds. The number of halogens is 1. The second-order valence-electron chi connectivity index (χ2n) is 3.96. The molecule has 0 atom stereocenters. The number of aliphatic hydroxyl groups is 1. The predicted octanol–water partition coefficient (Wildman–Crippen LogP) is 2.78. The van der Waals surface area contributed by atoms with Crippen molar-refractivity contribution < 1.29 is 19.0 Å². The van der Waals surface area contributed by atoms with E-state index in [4.69, 9.17) is 14.6 Å². The highest BCUT2D eigenvalue weighted by Gasteiger charge is 2.01. The van der Waals surface area contributed by atoms with E-state index >= 15 is 0 Å². The fourth-order valence-electron chi connectivity index (χ4n) is 1.63. The summed E-state index contributed by atoms with van der Waals surface area (Å²) in [6.45, 7) is 0.465. The van der Waals surface area contributed by atoms with E-state index in [0.717, 1.165) is 5.75 Å². The maximum atomic E-state index is 13.2. The Morgan fingerprint density at radius 1 is 0.895 bits per heavy atom. The molecule has 0 aliphatic rings. The van der Waals surface area contributed by atoms with Crippen molar-refractivity contribution in [2.75, 3.05) is 13.2 Å². The Labute approximate surface area is 111 Å². The van der Waals surface area contributed by atoms with Crippen molar-refractivity contribution in [1.29, 1.82) is 0 Å². The molecule has 2 aromatic carbocycles. The summed E-state index contributed by atoms with van der Waals surface area (Å²) in [6.07, 6.45) is 0. The van der Waals surface area contributed by atoms with E-state index < -0.39 is 5.82 Å². The molecule has 0 aromatic heterocycles. The van der Waals surface area contributed by atoms with Gasteiger partial charge in [-0.25, -0.2) is 4.39 Å². The number of benzene rings is 2. The van der Waals surface area contributed by atoms with Crippen molar-refractivity contribution >= 4 is 0 Å². The zero-order chi connectivity index (χ0) is 13.5. The molecule has 100 valence electrons. The first kappa shape index (κ1) is 13.4. The lowest BCUT2D eigenvalue weighted by Gasteiger charge is -2.09. The molecule has 1 N–H and O–H groups in total. The number of rotatable bonds is 6. The zero-order valence-electron chi connectivity index (χ0n) is 10.4. The van der Waals surface area contributed by atoms with Crippen LogP contribution in [0.5, 0.6) is 11.5 Å². The van der Waals surface area contributed by atoms with Crippen molar-refractivity contribution in [3.8, 4) is 11.5 Å². The monoisotopic (exact) mass is 262 g/mol. The first-order valence-corrected chi connectivity index (χ1v) is 5.99. The SMILES string of the molecule is OCc1cc(F)cc(OCCOc2ccccc2)c1. The molecule has 2 aromatic rings. The van der Waals surface area contributed by atoms with Gasteiger partial charge in [-0.3, -0.25) is 0 Å². The molecule has 0 spiro atoms. The van der Waals surface area contributed by atoms with E-state index in [1.165, 1.54) is 12.1 Å². The van der Waals surface area contributed by atoms with Gasteiger partial charge in [-0.15, -0.1) is 0 Å². The smallest absolute Gasteiger partial charge is 0.127 e. The van der Waals surface area contributed by atoms with Crippen LogP contribution in [0.25, 0.3) is 0 Å². The molecule has 0 aliphatic carbocycles. The van der Waals surface area contributed by atoms with Crippen LogP contribution in [0, 0.1) is 5.82 Å². The van der Waals surface area contributed by atoms with Crippen LogP contribution >= 0.6 is 0 Å². The molecule has 0 heterocycles. The highest BCUT2D eigenvalue weighted by Crippen LogP contribution is 2.16. The highest BCUT2D eigenvalue weighted by molar-refractivity contribution is 5.29. The maximum absolute atomic E-state index is 13.2. The molecule has 19 heavy (non-hydrogen) atoms. The Hall–Kier alpha value is -2.07. The average molecular weight is 262 g/mol. The topological polar surface area (TPSA) is 38.7 Å². The summed E-state index contributed by atoms with van der Waals surface area (Å²) in [5.74, 6) is 0.729.